The molecule has 1 atom stereocenters. The second-order valence-electron chi connectivity index (χ2n) is 3.86. The van der Waals surface area contributed by atoms with Crippen molar-refractivity contribution in [3.8, 4) is 0 Å². The minimum Gasteiger partial charge on any atom is -0.271 e. The summed E-state index contributed by atoms with van der Waals surface area (Å²) in [6, 6.07) is 10.3. The Morgan fingerprint density at radius 1 is 1.29 bits per heavy atom. The predicted octanol–water partition coefficient (Wildman–Crippen LogP) is 2.08. The first-order chi connectivity index (χ1) is 8.22. The van der Waals surface area contributed by atoms with Crippen LogP contribution in [0.3, 0.4) is 0 Å². The van der Waals surface area contributed by atoms with Gasteiger partial charge in [-0.2, -0.15) is 0 Å². The summed E-state index contributed by atoms with van der Waals surface area (Å²) in [4.78, 5) is 4.21. The molecule has 0 saturated heterocycles. The van der Waals surface area contributed by atoms with Gasteiger partial charge in [0.25, 0.3) is 0 Å². The van der Waals surface area contributed by atoms with Crippen molar-refractivity contribution in [3.05, 3.63) is 65.2 Å². The van der Waals surface area contributed by atoms with Crippen molar-refractivity contribution in [1.29, 1.82) is 0 Å². The van der Waals surface area contributed by atoms with Crippen molar-refractivity contribution in [2.45, 2.75) is 13.0 Å². The third-order valence-corrected chi connectivity index (χ3v) is 2.68. The summed E-state index contributed by atoms with van der Waals surface area (Å²) in [5.41, 5.74) is 4.79. The molecule has 0 bridgehead atoms. The van der Waals surface area contributed by atoms with Gasteiger partial charge in [-0.3, -0.25) is 10.8 Å². The number of rotatable bonds is 3. The van der Waals surface area contributed by atoms with E-state index in [1.165, 1.54) is 6.07 Å². The van der Waals surface area contributed by atoms with E-state index in [9.17, 15) is 4.39 Å². The molecule has 0 amide bonds. The van der Waals surface area contributed by atoms with Crippen LogP contribution in [0.15, 0.2) is 42.6 Å². The Hall–Kier alpha value is -1.78. The number of aromatic nitrogens is 1. The van der Waals surface area contributed by atoms with E-state index in [1.807, 2.05) is 24.3 Å². The molecule has 3 N–H and O–H groups in total. The summed E-state index contributed by atoms with van der Waals surface area (Å²) in [5, 5.41) is 0. The lowest BCUT2D eigenvalue weighted by Gasteiger charge is -2.16. The monoisotopic (exact) mass is 231 g/mol. The van der Waals surface area contributed by atoms with Crippen molar-refractivity contribution in [2.24, 2.45) is 5.84 Å². The molecule has 0 aliphatic rings. The summed E-state index contributed by atoms with van der Waals surface area (Å²) >= 11 is 0. The third kappa shape index (κ3) is 2.49. The Labute approximate surface area is 99.5 Å². The van der Waals surface area contributed by atoms with Crippen LogP contribution >= 0.6 is 0 Å². The quantitative estimate of drug-likeness (QED) is 0.628. The normalized spacial score (nSPS) is 12.4. The van der Waals surface area contributed by atoms with Crippen LogP contribution in [0.2, 0.25) is 0 Å². The second-order valence-corrected chi connectivity index (χ2v) is 3.86. The summed E-state index contributed by atoms with van der Waals surface area (Å²) in [6.45, 7) is 1.73. The number of benzene rings is 1. The fourth-order valence-electron chi connectivity index (χ4n) is 1.69. The van der Waals surface area contributed by atoms with Crippen molar-refractivity contribution in [2.75, 3.05) is 0 Å². The van der Waals surface area contributed by atoms with Crippen LogP contribution in [0, 0.1) is 12.7 Å². The van der Waals surface area contributed by atoms with E-state index < -0.39 is 0 Å². The molecule has 1 unspecified atom stereocenters. The summed E-state index contributed by atoms with van der Waals surface area (Å²) < 4.78 is 13.5. The number of pyridine rings is 1. The maximum absolute atomic E-state index is 13.5. The number of nitrogens with one attached hydrogen (secondary N) is 1. The van der Waals surface area contributed by atoms with E-state index >= 15 is 0 Å². The molecule has 4 heteroatoms. The first kappa shape index (κ1) is 11.7. The van der Waals surface area contributed by atoms with Gasteiger partial charge in [0, 0.05) is 6.20 Å². The van der Waals surface area contributed by atoms with Gasteiger partial charge < -0.3 is 0 Å². The Morgan fingerprint density at radius 2 is 2.12 bits per heavy atom. The van der Waals surface area contributed by atoms with Crippen LogP contribution < -0.4 is 11.3 Å². The number of hydrazine groups is 1. The van der Waals surface area contributed by atoms with Crippen molar-refractivity contribution < 1.29 is 4.39 Å². The molecule has 0 spiro atoms. The molecule has 3 nitrogen and oxygen atoms in total. The highest BCUT2D eigenvalue weighted by molar-refractivity contribution is 5.30. The van der Waals surface area contributed by atoms with Gasteiger partial charge in [-0.15, -0.1) is 0 Å². The maximum atomic E-state index is 13.5. The molecule has 0 aliphatic carbocycles. The van der Waals surface area contributed by atoms with Crippen molar-refractivity contribution in [1.82, 2.24) is 10.4 Å². The van der Waals surface area contributed by atoms with E-state index in [1.54, 1.807) is 19.2 Å². The topological polar surface area (TPSA) is 50.9 Å². The molecule has 0 saturated carbocycles. The van der Waals surface area contributed by atoms with Gasteiger partial charge in [0.2, 0.25) is 0 Å². The van der Waals surface area contributed by atoms with Crippen molar-refractivity contribution in [3.63, 3.8) is 0 Å². The zero-order valence-corrected chi connectivity index (χ0v) is 9.52. The lowest BCUT2D eigenvalue weighted by molar-refractivity contribution is 0.593. The lowest BCUT2D eigenvalue weighted by Crippen LogP contribution is -2.29. The smallest absolute Gasteiger partial charge is 0.126 e. The fourth-order valence-corrected chi connectivity index (χ4v) is 1.69. The number of nitrogens with two attached hydrogens (primary N) is 1. The van der Waals surface area contributed by atoms with E-state index in [0.29, 0.717) is 5.56 Å². The van der Waals surface area contributed by atoms with Gasteiger partial charge in [-0.25, -0.2) is 9.82 Å². The first-order valence-corrected chi connectivity index (χ1v) is 5.35. The number of nitrogens with zero attached hydrogens (tertiary/aromatic N) is 1. The Kier molecular flexibility index (Phi) is 3.46. The molecule has 1 heterocycles. The van der Waals surface area contributed by atoms with E-state index in [2.05, 4.69) is 10.4 Å². The van der Waals surface area contributed by atoms with Crippen molar-refractivity contribution >= 4 is 0 Å². The number of hydrogen-bond donors (Lipinski definition) is 2. The van der Waals surface area contributed by atoms with Gasteiger partial charge in [0.1, 0.15) is 5.82 Å². The molecule has 1 aromatic carbocycles. The summed E-state index contributed by atoms with van der Waals surface area (Å²) in [7, 11) is 0. The van der Waals surface area contributed by atoms with Crippen LogP contribution in [-0.2, 0) is 0 Å². The Morgan fingerprint density at radius 3 is 2.71 bits per heavy atom. The molecular formula is C13H14FN3. The summed E-state index contributed by atoms with van der Waals surface area (Å²) in [5.74, 6) is 5.28. The molecule has 2 rings (SSSR count). The largest absolute Gasteiger partial charge is 0.271 e. The minimum atomic E-state index is -0.300. The second kappa shape index (κ2) is 5.03. The van der Waals surface area contributed by atoms with Gasteiger partial charge >= 0.3 is 0 Å². The van der Waals surface area contributed by atoms with E-state index in [0.717, 1.165) is 11.3 Å². The SMILES string of the molecule is Cc1ccc(C(NN)c2ccccn2)cc1F. The van der Waals surface area contributed by atoms with Gasteiger partial charge in [0.15, 0.2) is 0 Å². The maximum Gasteiger partial charge on any atom is 0.126 e. The molecule has 17 heavy (non-hydrogen) atoms. The predicted molar refractivity (Wildman–Crippen MR) is 64.5 cm³/mol. The highest BCUT2D eigenvalue weighted by atomic mass is 19.1. The van der Waals surface area contributed by atoms with Gasteiger partial charge in [0.05, 0.1) is 11.7 Å². The van der Waals surface area contributed by atoms with Crippen LogP contribution in [0.25, 0.3) is 0 Å². The molecule has 2 aromatic rings. The molecule has 1 aromatic heterocycles. The molecular weight excluding hydrogens is 217 g/mol. The fraction of sp³-hybridized carbons (Fsp3) is 0.154. The third-order valence-electron chi connectivity index (χ3n) is 2.68. The first-order valence-electron chi connectivity index (χ1n) is 5.35. The highest BCUT2D eigenvalue weighted by Gasteiger charge is 2.14. The molecule has 0 radical (unpaired) electrons. The lowest BCUT2D eigenvalue weighted by atomic mass is 10.0. The van der Waals surface area contributed by atoms with E-state index in [4.69, 9.17) is 5.84 Å². The number of halogens is 1. The Balaban J connectivity index is 2.39. The number of hydrogen-bond acceptors (Lipinski definition) is 3. The number of aryl methyl sites for hydroxylation is 1. The van der Waals surface area contributed by atoms with E-state index in [-0.39, 0.29) is 11.9 Å². The van der Waals surface area contributed by atoms with Crippen LogP contribution in [-0.4, -0.2) is 4.98 Å². The van der Waals surface area contributed by atoms with Crippen LogP contribution in [0.5, 0.6) is 0 Å². The zero-order chi connectivity index (χ0) is 12.3. The summed E-state index contributed by atoms with van der Waals surface area (Å²) in [6.07, 6.45) is 1.68. The standard InChI is InChI=1S/C13H14FN3/c1-9-5-6-10(8-11(9)14)13(17-15)12-4-2-3-7-16-12/h2-8,13,17H,15H2,1H3. The van der Waals surface area contributed by atoms with Gasteiger partial charge in [-0.05, 0) is 36.2 Å². The zero-order valence-electron chi connectivity index (χ0n) is 9.52. The molecule has 88 valence electrons. The van der Waals surface area contributed by atoms with Crippen LogP contribution in [0.4, 0.5) is 4.39 Å². The minimum absolute atomic E-state index is 0.237. The van der Waals surface area contributed by atoms with Gasteiger partial charge in [-0.1, -0.05) is 18.2 Å². The molecule has 0 fully saturated rings. The highest BCUT2D eigenvalue weighted by Crippen LogP contribution is 2.21. The average Bonchev–Trinajstić information content (AvgIpc) is 2.36. The Bertz CT molecular complexity index is 499. The van der Waals surface area contributed by atoms with Crippen LogP contribution in [0.1, 0.15) is 22.9 Å². The average molecular weight is 231 g/mol. The molecule has 0 aliphatic heterocycles.